The van der Waals surface area contributed by atoms with Crippen LogP contribution in [0, 0.1) is 5.82 Å². The topological polar surface area (TPSA) is 49.8 Å². The fourth-order valence-electron chi connectivity index (χ4n) is 2.05. The smallest absolute Gasteiger partial charge is 0.327 e. The lowest BCUT2D eigenvalue weighted by molar-refractivity contribution is -0.147. The molecule has 1 aromatic carbocycles. The van der Waals surface area contributed by atoms with Crippen LogP contribution in [0.3, 0.4) is 0 Å². The highest BCUT2D eigenvalue weighted by atomic mass is 19.1. The van der Waals surface area contributed by atoms with Crippen molar-refractivity contribution in [2.75, 3.05) is 20.7 Å². The van der Waals surface area contributed by atoms with Crippen LogP contribution in [-0.2, 0) is 9.53 Å². The number of likely N-dealkylation sites (N-methyl/N-ethyl adjacent to an activating group) is 1. The van der Waals surface area contributed by atoms with Crippen molar-refractivity contribution in [1.29, 1.82) is 0 Å². The van der Waals surface area contributed by atoms with E-state index in [4.69, 9.17) is 4.74 Å². The molecule has 0 saturated heterocycles. The summed E-state index contributed by atoms with van der Waals surface area (Å²) in [6, 6.07) is 5.17. The number of carbonyl (C=O) groups excluding carboxylic acids is 1. The van der Waals surface area contributed by atoms with Crippen LogP contribution in [0.4, 0.5) is 4.39 Å². The number of hydrogen-bond acceptors (Lipinski definition) is 4. The molecule has 0 aromatic heterocycles. The number of benzene rings is 1. The molecular formula is C14H20FNO3. The number of methoxy groups -OCH3 is 1. The number of halogens is 1. The number of esters is 1. The Morgan fingerprint density at radius 3 is 2.53 bits per heavy atom. The third-order valence-electron chi connectivity index (χ3n) is 2.70. The summed E-state index contributed by atoms with van der Waals surface area (Å²) < 4.78 is 18.6. The minimum Gasteiger partial charge on any atom is -0.468 e. The Morgan fingerprint density at radius 1 is 1.47 bits per heavy atom. The van der Waals surface area contributed by atoms with Crippen LogP contribution >= 0.6 is 0 Å². The van der Waals surface area contributed by atoms with Crippen LogP contribution in [0.5, 0.6) is 0 Å². The summed E-state index contributed by atoms with van der Waals surface area (Å²) in [6.07, 6.45) is 0. The van der Waals surface area contributed by atoms with Crippen LogP contribution in [0.1, 0.15) is 25.5 Å². The van der Waals surface area contributed by atoms with Crippen LogP contribution in [-0.4, -0.2) is 42.3 Å². The lowest BCUT2D eigenvalue weighted by Gasteiger charge is -2.31. The molecule has 0 amide bonds. The van der Waals surface area contributed by atoms with Gasteiger partial charge in [-0.3, -0.25) is 4.90 Å². The molecule has 0 aliphatic heterocycles. The van der Waals surface area contributed by atoms with Gasteiger partial charge < -0.3 is 9.84 Å². The molecule has 0 radical (unpaired) electrons. The Kier molecular flexibility index (Phi) is 5.03. The Bertz CT molecular complexity index is 443. The summed E-state index contributed by atoms with van der Waals surface area (Å²) in [5.74, 6) is -1.03. The molecule has 1 rings (SSSR count). The minimum atomic E-state index is -0.994. The highest BCUT2D eigenvalue weighted by Crippen LogP contribution is 2.25. The quantitative estimate of drug-likeness (QED) is 0.827. The van der Waals surface area contributed by atoms with Crippen molar-refractivity contribution in [3.63, 3.8) is 0 Å². The Morgan fingerprint density at radius 2 is 2.05 bits per heavy atom. The third kappa shape index (κ3) is 4.29. The largest absolute Gasteiger partial charge is 0.468 e. The molecular weight excluding hydrogens is 249 g/mol. The van der Waals surface area contributed by atoms with Gasteiger partial charge in [0, 0.05) is 12.1 Å². The molecule has 19 heavy (non-hydrogen) atoms. The normalized spacial score (nSPS) is 13.4. The van der Waals surface area contributed by atoms with Gasteiger partial charge in [0.1, 0.15) is 11.9 Å². The first-order valence-electron chi connectivity index (χ1n) is 6.01. The molecule has 4 nitrogen and oxygen atoms in total. The molecule has 1 unspecified atom stereocenters. The molecule has 0 heterocycles. The zero-order chi connectivity index (χ0) is 14.6. The van der Waals surface area contributed by atoms with Crippen molar-refractivity contribution in [2.24, 2.45) is 0 Å². The molecule has 0 aliphatic rings. The molecule has 106 valence electrons. The maximum Gasteiger partial charge on any atom is 0.327 e. The van der Waals surface area contributed by atoms with Gasteiger partial charge in [-0.15, -0.1) is 0 Å². The van der Waals surface area contributed by atoms with Crippen molar-refractivity contribution in [2.45, 2.75) is 25.5 Å². The second kappa shape index (κ2) is 6.12. The van der Waals surface area contributed by atoms with E-state index in [1.54, 1.807) is 37.9 Å². The predicted molar refractivity (Wildman–Crippen MR) is 70.1 cm³/mol. The van der Waals surface area contributed by atoms with Crippen molar-refractivity contribution in [3.8, 4) is 0 Å². The van der Waals surface area contributed by atoms with E-state index in [2.05, 4.69) is 0 Å². The zero-order valence-electron chi connectivity index (χ0n) is 11.7. The summed E-state index contributed by atoms with van der Waals surface area (Å²) in [5.41, 5.74) is -0.757. The van der Waals surface area contributed by atoms with Gasteiger partial charge in [0.05, 0.1) is 12.7 Å². The fourth-order valence-corrected chi connectivity index (χ4v) is 2.05. The van der Waals surface area contributed by atoms with E-state index in [1.807, 2.05) is 0 Å². The number of hydrogen-bond donors (Lipinski definition) is 1. The average molecular weight is 269 g/mol. The maximum absolute atomic E-state index is 13.8. The first kappa shape index (κ1) is 15.6. The highest BCUT2D eigenvalue weighted by molar-refractivity contribution is 5.77. The predicted octanol–water partition coefficient (Wildman–Crippen LogP) is 1.74. The van der Waals surface area contributed by atoms with Gasteiger partial charge in [0.15, 0.2) is 0 Å². The van der Waals surface area contributed by atoms with Gasteiger partial charge in [-0.2, -0.15) is 0 Å². The SMILES string of the molecule is COC(=O)C(c1ccccc1F)N(C)CC(C)(C)O. The van der Waals surface area contributed by atoms with Gasteiger partial charge in [-0.1, -0.05) is 18.2 Å². The van der Waals surface area contributed by atoms with Gasteiger partial charge in [0.2, 0.25) is 0 Å². The summed E-state index contributed by atoms with van der Waals surface area (Å²) in [4.78, 5) is 13.5. The summed E-state index contributed by atoms with van der Waals surface area (Å²) in [7, 11) is 2.90. The second-order valence-electron chi connectivity index (χ2n) is 5.17. The van der Waals surface area contributed by atoms with E-state index in [1.165, 1.54) is 19.2 Å². The summed E-state index contributed by atoms with van der Waals surface area (Å²) in [6.45, 7) is 3.46. The van der Waals surface area contributed by atoms with E-state index in [0.29, 0.717) is 0 Å². The van der Waals surface area contributed by atoms with Crippen molar-refractivity contribution in [3.05, 3.63) is 35.6 Å². The van der Waals surface area contributed by atoms with Crippen LogP contribution in [0.2, 0.25) is 0 Å². The molecule has 1 atom stereocenters. The van der Waals surface area contributed by atoms with Crippen molar-refractivity contribution >= 4 is 5.97 Å². The van der Waals surface area contributed by atoms with E-state index in [9.17, 15) is 14.3 Å². The highest BCUT2D eigenvalue weighted by Gasteiger charge is 2.31. The first-order chi connectivity index (χ1) is 8.76. The van der Waals surface area contributed by atoms with Crippen LogP contribution < -0.4 is 0 Å². The van der Waals surface area contributed by atoms with Crippen molar-refractivity contribution in [1.82, 2.24) is 4.90 Å². The Balaban J connectivity index is 3.09. The fraction of sp³-hybridized carbons (Fsp3) is 0.500. The molecule has 0 spiro atoms. The summed E-state index contributed by atoms with van der Waals surface area (Å²) in [5, 5.41) is 9.82. The standard InChI is InChI=1S/C14H20FNO3/c1-14(2,18)9-16(3)12(13(17)19-4)10-7-5-6-8-11(10)15/h5-8,12,18H,9H2,1-4H3. The number of nitrogens with zero attached hydrogens (tertiary/aromatic N) is 1. The minimum absolute atomic E-state index is 0.209. The zero-order valence-corrected chi connectivity index (χ0v) is 11.7. The maximum atomic E-state index is 13.8. The molecule has 0 fully saturated rings. The molecule has 5 heteroatoms. The summed E-state index contributed by atoms with van der Waals surface area (Å²) >= 11 is 0. The molecule has 1 N–H and O–H groups in total. The van der Waals surface area contributed by atoms with Gasteiger partial charge in [-0.25, -0.2) is 9.18 Å². The number of ether oxygens (including phenoxy) is 1. The molecule has 0 aliphatic carbocycles. The molecule has 1 aromatic rings. The van der Waals surface area contributed by atoms with Gasteiger partial charge in [-0.05, 0) is 27.0 Å². The average Bonchev–Trinajstić information content (AvgIpc) is 2.29. The van der Waals surface area contributed by atoms with E-state index < -0.39 is 23.4 Å². The van der Waals surface area contributed by atoms with Crippen LogP contribution in [0.25, 0.3) is 0 Å². The number of rotatable bonds is 5. The number of carbonyl (C=O) groups is 1. The van der Waals surface area contributed by atoms with Crippen molar-refractivity contribution < 1.29 is 19.0 Å². The van der Waals surface area contributed by atoms with Gasteiger partial charge in [0.25, 0.3) is 0 Å². The monoisotopic (exact) mass is 269 g/mol. The molecule has 0 bridgehead atoms. The lowest BCUT2D eigenvalue weighted by atomic mass is 10.0. The van der Waals surface area contributed by atoms with Crippen LogP contribution in [0.15, 0.2) is 24.3 Å². The third-order valence-corrected chi connectivity index (χ3v) is 2.70. The Labute approximate surface area is 112 Å². The van der Waals surface area contributed by atoms with E-state index in [-0.39, 0.29) is 12.1 Å². The molecule has 0 saturated carbocycles. The van der Waals surface area contributed by atoms with E-state index in [0.717, 1.165) is 0 Å². The van der Waals surface area contributed by atoms with E-state index >= 15 is 0 Å². The Hall–Kier alpha value is -1.46. The second-order valence-corrected chi connectivity index (χ2v) is 5.17. The first-order valence-corrected chi connectivity index (χ1v) is 6.01. The number of aliphatic hydroxyl groups is 1. The van der Waals surface area contributed by atoms with Gasteiger partial charge >= 0.3 is 5.97 Å². The lowest BCUT2D eigenvalue weighted by Crippen LogP contribution is -2.41.